The molecule has 1 aromatic carbocycles. The van der Waals surface area contributed by atoms with Gasteiger partial charge in [0.05, 0.1) is 10.5 Å². The van der Waals surface area contributed by atoms with Crippen LogP contribution in [0.4, 0.5) is 10.1 Å². The van der Waals surface area contributed by atoms with Crippen LogP contribution in [-0.2, 0) is 0 Å². The molecule has 0 fully saturated rings. The highest BCUT2D eigenvalue weighted by Gasteiger charge is 2.23. The predicted molar refractivity (Wildman–Crippen MR) is 60.0 cm³/mol. The lowest BCUT2D eigenvalue weighted by atomic mass is 10.1. The molecule has 0 spiro atoms. The Hall–Kier alpha value is -1.98. The molecule has 6 heteroatoms. The maximum Gasteiger partial charge on any atom is 0.305 e. The Morgan fingerprint density at radius 2 is 2.24 bits per heavy atom. The van der Waals surface area contributed by atoms with Crippen LogP contribution in [0.5, 0.6) is 0 Å². The van der Waals surface area contributed by atoms with E-state index >= 15 is 0 Å². The zero-order chi connectivity index (χ0) is 13.0. The lowest BCUT2D eigenvalue weighted by molar-refractivity contribution is -0.387. The van der Waals surface area contributed by atoms with Crippen LogP contribution >= 0.6 is 0 Å². The summed E-state index contributed by atoms with van der Waals surface area (Å²) < 4.78 is 13.7. The van der Waals surface area contributed by atoms with Crippen molar-refractivity contribution >= 4 is 11.6 Å². The van der Waals surface area contributed by atoms with E-state index < -0.39 is 22.3 Å². The van der Waals surface area contributed by atoms with Gasteiger partial charge in [-0.2, -0.15) is 4.39 Å². The Morgan fingerprint density at radius 1 is 1.59 bits per heavy atom. The number of hydrogen-bond acceptors (Lipinski definition) is 3. The maximum absolute atomic E-state index is 13.7. The molecule has 5 nitrogen and oxygen atoms in total. The SMILES string of the molecule is [CH2]CN(CC)C(=O)c1cccc([N+](=O)[O-])c1F. The minimum Gasteiger partial charge on any atom is -0.339 e. The molecule has 0 saturated carbocycles. The van der Waals surface area contributed by atoms with Crippen LogP contribution < -0.4 is 0 Å². The van der Waals surface area contributed by atoms with Crippen molar-refractivity contribution in [2.45, 2.75) is 6.92 Å². The van der Waals surface area contributed by atoms with Crippen LogP contribution in [-0.4, -0.2) is 28.8 Å². The van der Waals surface area contributed by atoms with Crippen molar-refractivity contribution in [3.63, 3.8) is 0 Å². The van der Waals surface area contributed by atoms with Crippen molar-refractivity contribution in [2.24, 2.45) is 0 Å². The molecular formula is C11H12FN2O3. The van der Waals surface area contributed by atoms with E-state index in [-0.39, 0.29) is 12.1 Å². The van der Waals surface area contributed by atoms with Gasteiger partial charge in [0.1, 0.15) is 0 Å². The van der Waals surface area contributed by atoms with Crippen molar-refractivity contribution in [1.29, 1.82) is 0 Å². The summed E-state index contributed by atoms with van der Waals surface area (Å²) in [6.07, 6.45) is 0. The molecule has 0 heterocycles. The Labute approximate surface area is 98.0 Å². The molecule has 0 aliphatic heterocycles. The number of carbonyl (C=O) groups is 1. The number of benzene rings is 1. The molecule has 0 bridgehead atoms. The molecule has 1 aromatic rings. The van der Waals surface area contributed by atoms with Crippen LogP contribution in [0.2, 0.25) is 0 Å². The summed E-state index contributed by atoms with van der Waals surface area (Å²) in [5, 5.41) is 10.5. The quantitative estimate of drug-likeness (QED) is 0.596. The molecule has 17 heavy (non-hydrogen) atoms. The van der Waals surface area contributed by atoms with Crippen molar-refractivity contribution in [3.8, 4) is 0 Å². The van der Waals surface area contributed by atoms with Gasteiger partial charge in [0.15, 0.2) is 0 Å². The topological polar surface area (TPSA) is 63.5 Å². The summed E-state index contributed by atoms with van der Waals surface area (Å²) >= 11 is 0. The number of nitro benzene ring substituents is 1. The van der Waals surface area contributed by atoms with E-state index in [1.54, 1.807) is 6.92 Å². The molecular weight excluding hydrogens is 227 g/mol. The molecule has 0 aliphatic carbocycles. The van der Waals surface area contributed by atoms with Gasteiger partial charge in [-0.05, 0) is 19.9 Å². The molecule has 0 N–H and O–H groups in total. The smallest absolute Gasteiger partial charge is 0.305 e. The number of hydrogen-bond donors (Lipinski definition) is 0. The van der Waals surface area contributed by atoms with E-state index in [1.165, 1.54) is 17.0 Å². The molecule has 0 saturated heterocycles. The summed E-state index contributed by atoms with van der Waals surface area (Å²) in [6.45, 7) is 5.80. The third-order valence-corrected chi connectivity index (χ3v) is 2.34. The minimum absolute atomic E-state index is 0.178. The number of halogens is 1. The minimum atomic E-state index is -1.10. The Morgan fingerprint density at radius 3 is 2.71 bits per heavy atom. The van der Waals surface area contributed by atoms with Gasteiger partial charge < -0.3 is 4.90 Å². The Kier molecular flexibility index (Phi) is 4.14. The first-order valence-corrected chi connectivity index (χ1v) is 5.04. The molecule has 1 radical (unpaired) electrons. The monoisotopic (exact) mass is 239 g/mol. The zero-order valence-electron chi connectivity index (χ0n) is 9.35. The largest absolute Gasteiger partial charge is 0.339 e. The molecule has 91 valence electrons. The van der Waals surface area contributed by atoms with Crippen molar-refractivity contribution < 1.29 is 14.1 Å². The molecule has 1 rings (SSSR count). The third-order valence-electron chi connectivity index (χ3n) is 2.34. The average Bonchev–Trinajstić information content (AvgIpc) is 2.30. The van der Waals surface area contributed by atoms with Gasteiger partial charge >= 0.3 is 5.69 Å². The summed E-state index contributed by atoms with van der Waals surface area (Å²) in [5.41, 5.74) is -0.999. The number of rotatable bonds is 4. The van der Waals surface area contributed by atoms with Crippen LogP contribution in [0.25, 0.3) is 0 Å². The van der Waals surface area contributed by atoms with Crippen LogP contribution in [0, 0.1) is 22.9 Å². The van der Waals surface area contributed by atoms with Gasteiger partial charge in [-0.15, -0.1) is 0 Å². The molecule has 0 atom stereocenters. The van der Waals surface area contributed by atoms with E-state index in [2.05, 4.69) is 6.92 Å². The Balaban J connectivity index is 3.19. The van der Waals surface area contributed by atoms with Crippen LogP contribution in [0.3, 0.4) is 0 Å². The predicted octanol–water partition coefficient (Wildman–Crippen LogP) is 2.03. The van der Waals surface area contributed by atoms with E-state index in [0.717, 1.165) is 6.07 Å². The average molecular weight is 239 g/mol. The highest BCUT2D eigenvalue weighted by Crippen LogP contribution is 2.21. The maximum atomic E-state index is 13.7. The first kappa shape index (κ1) is 13.1. The number of nitro groups is 1. The van der Waals surface area contributed by atoms with E-state index in [0.29, 0.717) is 6.54 Å². The zero-order valence-corrected chi connectivity index (χ0v) is 9.35. The van der Waals surface area contributed by atoms with Crippen LogP contribution in [0.15, 0.2) is 18.2 Å². The summed E-state index contributed by atoms with van der Waals surface area (Å²) in [7, 11) is 0. The molecule has 0 aliphatic rings. The van der Waals surface area contributed by atoms with E-state index in [9.17, 15) is 19.3 Å². The fraction of sp³-hybridized carbons (Fsp3) is 0.273. The van der Waals surface area contributed by atoms with Crippen molar-refractivity contribution in [3.05, 3.63) is 46.6 Å². The second-order valence-corrected chi connectivity index (χ2v) is 3.28. The number of nitrogens with zero attached hydrogens (tertiary/aromatic N) is 2. The van der Waals surface area contributed by atoms with Crippen LogP contribution in [0.1, 0.15) is 17.3 Å². The third kappa shape index (κ3) is 2.58. The highest BCUT2D eigenvalue weighted by molar-refractivity contribution is 5.95. The van der Waals surface area contributed by atoms with Crippen molar-refractivity contribution in [2.75, 3.05) is 13.1 Å². The van der Waals surface area contributed by atoms with Gasteiger partial charge in [0.2, 0.25) is 5.82 Å². The van der Waals surface area contributed by atoms with Gasteiger partial charge in [-0.25, -0.2) is 0 Å². The molecule has 0 aromatic heterocycles. The fourth-order valence-corrected chi connectivity index (χ4v) is 1.40. The lowest BCUT2D eigenvalue weighted by Gasteiger charge is -2.18. The highest BCUT2D eigenvalue weighted by atomic mass is 19.1. The molecule has 1 amide bonds. The second kappa shape index (κ2) is 5.38. The molecule has 0 unspecified atom stereocenters. The normalized spacial score (nSPS) is 10.1. The Bertz CT molecular complexity index is 444. The van der Waals surface area contributed by atoms with E-state index in [4.69, 9.17) is 0 Å². The van der Waals surface area contributed by atoms with Gasteiger partial charge in [0.25, 0.3) is 5.91 Å². The van der Waals surface area contributed by atoms with Gasteiger partial charge in [-0.1, -0.05) is 6.07 Å². The van der Waals surface area contributed by atoms with Crippen molar-refractivity contribution in [1.82, 2.24) is 4.90 Å². The summed E-state index contributed by atoms with van der Waals surface area (Å²) in [6, 6.07) is 3.53. The van der Waals surface area contributed by atoms with E-state index in [1.807, 2.05) is 0 Å². The first-order valence-electron chi connectivity index (χ1n) is 5.04. The fourth-order valence-electron chi connectivity index (χ4n) is 1.40. The number of carbonyl (C=O) groups excluding carboxylic acids is 1. The lowest BCUT2D eigenvalue weighted by Crippen LogP contribution is -2.31. The summed E-state index contributed by atoms with van der Waals surface area (Å²) in [4.78, 5) is 22.8. The first-order chi connectivity index (χ1) is 8.02. The summed E-state index contributed by atoms with van der Waals surface area (Å²) in [5.74, 6) is -1.70. The second-order valence-electron chi connectivity index (χ2n) is 3.28. The standard InChI is InChI=1S/C11H12FN2O3/c1-3-13(4-2)11(15)8-6-5-7-9(10(8)12)14(16)17/h5-7H,1,3-4H2,2H3. The number of amides is 1. The van der Waals surface area contributed by atoms with Gasteiger partial charge in [0, 0.05) is 19.2 Å². The van der Waals surface area contributed by atoms with Gasteiger partial charge in [-0.3, -0.25) is 14.9 Å².